The van der Waals surface area contributed by atoms with E-state index < -0.39 is 6.23 Å². The number of carbonyl (C=O) groups excluding carboxylic acids is 1. The van der Waals surface area contributed by atoms with Crippen LogP contribution in [0.15, 0.2) is 48.5 Å². The molecule has 0 radical (unpaired) electrons. The molecule has 1 aliphatic rings. The van der Waals surface area contributed by atoms with Crippen LogP contribution in [0.3, 0.4) is 0 Å². The van der Waals surface area contributed by atoms with E-state index in [-0.39, 0.29) is 5.97 Å². The highest BCUT2D eigenvalue weighted by atomic mass is 16.6. The van der Waals surface area contributed by atoms with Gasteiger partial charge in [0.1, 0.15) is 5.75 Å². The van der Waals surface area contributed by atoms with Gasteiger partial charge in [-0.25, -0.2) is 4.79 Å². The normalized spacial score (nSPS) is 16.7. The molecular formula is C15H13NO3. The Kier molecular flexibility index (Phi) is 2.83. The Bertz CT molecular complexity index is 624. The van der Waals surface area contributed by atoms with Crippen molar-refractivity contribution in [3.05, 3.63) is 59.7 Å². The van der Waals surface area contributed by atoms with Gasteiger partial charge in [0.05, 0.1) is 18.4 Å². The van der Waals surface area contributed by atoms with Crippen molar-refractivity contribution in [2.45, 2.75) is 6.23 Å². The van der Waals surface area contributed by atoms with Crippen molar-refractivity contribution in [2.75, 3.05) is 12.4 Å². The number of nitrogens with one attached hydrogen (secondary N) is 1. The SMILES string of the molecule is COc1ccccc1N[C@H]1OC(=O)c2ccccc21. The molecule has 2 aromatic rings. The molecule has 3 rings (SSSR count). The van der Waals surface area contributed by atoms with Gasteiger partial charge in [0.25, 0.3) is 0 Å². The van der Waals surface area contributed by atoms with Gasteiger partial charge in [-0.15, -0.1) is 0 Å². The Morgan fingerprint density at radius 1 is 1.11 bits per heavy atom. The van der Waals surface area contributed by atoms with Crippen molar-refractivity contribution < 1.29 is 14.3 Å². The lowest BCUT2D eigenvalue weighted by molar-refractivity contribution is 0.0436. The van der Waals surface area contributed by atoms with Crippen LogP contribution in [-0.2, 0) is 4.74 Å². The van der Waals surface area contributed by atoms with E-state index in [9.17, 15) is 4.79 Å². The molecule has 0 saturated heterocycles. The van der Waals surface area contributed by atoms with Crippen LogP contribution in [0.4, 0.5) is 5.69 Å². The first-order valence-electron chi connectivity index (χ1n) is 5.99. The van der Waals surface area contributed by atoms with E-state index in [4.69, 9.17) is 9.47 Å². The number of anilines is 1. The van der Waals surface area contributed by atoms with E-state index in [1.165, 1.54) is 0 Å². The fourth-order valence-corrected chi connectivity index (χ4v) is 2.16. The van der Waals surface area contributed by atoms with Crippen LogP contribution >= 0.6 is 0 Å². The molecule has 0 amide bonds. The number of hydrogen-bond donors (Lipinski definition) is 1. The van der Waals surface area contributed by atoms with Gasteiger partial charge in [0.15, 0.2) is 0 Å². The highest BCUT2D eigenvalue weighted by Crippen LogP contribution is 2.34. The number of methoxy groups -OCH3 is 1. The summed E-state index contributed by atoms with van der Waals surface area (Å²) in [5.41, 5.74) is 2.24. The quantitative estimate of drug-likeness (QED) is 0.856. The van der Waals surface area contributed by atoms with E-state index in [1.54, 1.807) is 13.2 Å². The average Bonchev–Trinajstić information content (AvgIpc) is 2.77. The smallest absolute Gasteiger partial charge is 0.340 e. The van der Waals surface area contributed by atoms with Crippen LogP contribution < -0.4 is 10.1 Å². The highest BCUT2D eigenvalue weighted by Gasteiger charge is 2.30. The van der Waals surface area contributed by atoms with Crippen LogP contribution in [0.25, 0.3) is 0 Å². The molecule has 96 valence electrons. The highest BCUT2D eigenvalue weighted by molar-refractivity contribution is 5.94. The molecule has 0 unspecified atom stereocenters. The summed E-state index contributed by atoms with van der Waals surface area (Å²) in [6, 6.07) is 14.9. The molecule has 1 N–H and O–H groups in total. The van der Waals surface area contributed by atoms with Crippen LogP contribution in [0.1, 0.15) is 22.1 Å². The molecule has 0 fully saturated rings. The zero-order valence-electron chi connectivity index (χ0n) is 10.4. The first kappa shape index (κ1) is 11.6. The summed E-state index contributed by atoms with van der Waals surface area (Å²) >= 11 is 0. The second kappa shape index (κ2) is 4.65. The van der Waals surface area contributed by atoms with Crippen molar-refractivity contribution in [2.24, 2.45) is 0 Å². The fourth-order valence-electron chi connectivity index (χ4n) is 2.16. The van der Waals surface area contributed by atoms with Gasteiger partial charge in [-0.3, -0.25) is 0 Å². The van der Waals surface area contributed by atoms with Gasteiger partial charge in [0, 0.05) is 5.56 Å². The zero-order chi connectivity index (χ0) is 13.2. The van der Waals surface area contributed by atoms with Gasteiger partial charge >= 0.3 is 5.97 Å². The Hall–Kier alpha value is -2.49. The predicted molar refractivity (Wildman–Crippen MR) is 71.2 cm³/mol. The van der Waals surface area contributed by atoms with E-state index in [0.29, 0.717) is 11.3 Å². The molecule has 0 spiro atoms. The molecule has 1 heterocycles. The molecule has 1 aliphatic heterocycles. The molecule has 4 nitrogen and oxygen atoms in total. The van der Waals surface area contributed by atoms with E-state index in [1.807, 2.05) is 42.5 Å². The summed E-state index contributed by atoms with van der Waals surface area (Å²) in [6.07, 6.45) is -0.472. The number of carbonyl (C=O) groups is 1. The van der Waals surface area contributed by atoms with Crippen molar-refractivity contribution in [3.8, 4) is 5.75 Å². The lowest BCUT2D eigenvalue weighted by Gasteiger charge is -2.16. The topological polar surface area (TPSA) is 47.6 Å². The molecule has 0 saturated carbocycles. The van der Waals surface area contributed by atoms with Gasteiger partial charge in [-0.1, -0.05) is 30.3 Å². The van der Waals surface area contributed by atoms with Crippen molar-refractivity contribution in [1.82, 2.24) is 0 Å². The second-order valence-electron chi connectivity index (χ2n) is 4.22. The Morgan fingerprint density at radius 3 is 2.68 bits per heavy atom. The summed E-state index contributed by atoms with van der Waals surface area (Å²) < 4.78 is 10.6. The van der Waals surface area contributed by atoms with Crippen LogP contribution in [-0.4, -0.2) is 13.1 Å². The summed E-state index contributed by atoms with van der Waals surface area (Å²) in [5, 5.41) is 3.18. The minimum absolute atomic E-state index is 0.303. The van der Waals surface area contributed by atoms with Gasteiger partial charge in [-0.05, 0) is 18.2 Å². The molecule has 4 heteroatoms. The lowest BCUT2D eigenvalue weighted by atomic mass is 10.1. The van der Waals surface area contributed by atoms with Crippen LogP contribution in [0, 0.1) is 0 Å². The number of esters is 1. The molecule has 1 atom stereocenters. The number of para-hydroxylation sites is 2. The molecule has 0 bridgehead atoms. The first-order valence-corrected chi connectivity index (χ1v) is 5.99. The third-order valence-electron chi connectivity index (χ3n) is 3.08. The lowest BCUT2D eigenvalue weighted by Crippen LogP contribution is -2.10. The average molecular weight is 255 g/mol. The standard InChI is InChI=1S/C15H13NO3/c1-18-13-9-5-4-8-12(13)16-14-10-6-2-3-7-11(10)15(17)19-14/h2-9,14,16H,1H3/t14-/m0/s1. The molecule has 0 aliphatic carbocycles. The molecule has 2 aromatic carbocycles. The molecule has 19 heavy (non-hydrogen) atoms. The van der Waals surface area contributed by atoms with Crippen LogP contribution in [0.2, 0.25) is 0 Å². The minimum atomic E-state index is -0.472. The van der Waals surface area contributed by atoms with Gasteiger partial charge in [-0.2, -0.15) is 0 Å². The minimum Gasteiger partial charge on any atom is -0.495 e. The fraction of sp³-hybridized carbons (Fsp3) is 0.133. The maximum absolute atomic E-state index is 11.7. The largest absolute Gasteiger partial charge is 0.495 e. The Morgan fingerprint density at radius 2 is 1.84 bits per heavy atom. The Balaban J connectivity index is 1.91. The van der Waals surface area contributed by atoms with Crippen molar-refractivity contribution >= 4 is 11.7 Å². The maximum atomic E-state index is 11.7. The predicted octanol–water partition coefficient (Wildman–Crippen LogP) is 2.98. The molecule has 0 aromatic heterocycles. The number of hydrogen-bond acceptors (Lipinski definition) is 4. The van der Waals surface area contributed by atoms with Gasteiger partial charge in [0.2, 0.25) is 6.23 Å². The monoisotopic (exact) mass is 255 g/mol. The van der Waals surface area contributed by atoms with E-state index in [0.717, 1.165) is 11.3 Å². The summed E-state index contributed by atoms with van der Waals surface area (Å²) in [6.45, 7) is 0. The zero-order valence-corrected chi connectivity index (χ0v) is 10.4. The number of rotatable bonds is 3. The summed E-state index contributed by atoms with van der Waals surface area (Å²) in [5.74, 6) is 0.408. The van der Waals surface area contributed by atoms with Crippen molar-refractivity contribution in [1.29, 1.82) is 0 Å². The van der Waals surface area contributed by atoms with E-state index in [2.05, 4.69) is 5.32 Å². The Labute approximate surface area is 111 Å². The second-order valence-corrected chi connectivity index (χ2v) is 4.22. The first-order chi connectivity index (χ1) is 9.29. The number of ether oxygens (including phenoxy) is 2. The third kappa shape index (κ3) is 2.01. The number of benzene rings is 2. The molecular weight excluding hydrogens is 242 g/mol. The van der Waals surface area contributed by atoms with Crippen molar-refractivity contribution in [3.63, 3.8) is 0 Å². The maximum Gasteiger partial charge on any atom is 0.340 e. The number of cyclic esters (lactones) is 1. The summed E-state index contributed by atoms with van der Waals surface area (Å²) in [4.78, 5) is 11.7. The third-order valence-corrected chi connectivity index (χ3v) is 3.08. The van der Waals surface area contributed by atoms with Crippen LogP contribution in [0.5, 0.6) is 5.75 Å². The van der Waals surface area contributed by atoms with Gasteiger partial charge < -0.3 is 14.8 Å². The summed E-state index contributed by atoms with van der Waals surface area (Å²) in [7, 11) is 1.61. The van der Waals surface area contributed by atoms with E-state index >= 15 is 0 Å². The number of fused-ring (bicyclic) bond motifs is 1.